The quantitative estimate of drug-likeness (QED) is 0.376. The minimum Gasteiger partial charge on any atom is -0.436 e. The van der Waals surface area contributed by atoms with Crippen LogP contribution in [0.3, 0.4) is 0 Å². The Hall–Kier alpha value is -4.25. The van der Waals surface area contributed by atoms with Crippen LogP contribution in [0, 0.1) is 13.8 Å². The first-order valence-electron chi connectivity index (χ1n) is 10.8. The van der Waals surface area contributed by atoms with Crippen LogP contribution in [0.4, 0.5) is 8.78 Å². The minimum absolute atomic E-state index is 0.277. The third-order valence-electron chi connectivity index (χ3n) is 5.45. The summed E-state index contributed by atoms with van der Waals surface area (Å²) in [7, 11) is 0. The van der Waals surface area contributed by atoms with Gasteiger partial charge in [-0.1, -0.05) is 6.07 Å². The summed E-state index contributed by atoms with van der Waals surface area (Å²) in [5.41, 5.74) is 3.39. The van der Waals surface area contributed by atoms with E-state index in [9.17, 15) is 13.9 Å². The lowest BCUT2D eigenvalue weighted by Gasteiger charge is -2.14. The number of halogens is 2. The zero-order valence-electron chi connectivity index (χ0n) is 19.1. The maximum Gasteiger partial charge on any atom is 0.282 e. The zero-order valence-corrected chi connectivity index (χ0v) is 19.1. The molecule has 0 aliphatic heterocycles. The van der Waals surface area contributed by atoms with E-state index in [-0.39, 0.29) is 11.5 Å². The first kappa shape index (κ1) is 22.5. The Morgan fingerprint density at radius 1 is 1.03 bits per heavy atom. The van der Waals surface area contributed by atoms with E-state index in [2.05, 4.69) is 25.4 Å². The van der Waals surface area contributed by atoms with Crippen molar-refractivity contribution in [1.29, 1.82) is 0 Å². The lowest BCUT2D eigenvalue weighted by atomic mass is 10.1. The fourth-order valence-corrected chi connectivity index (χ4v) is 3.71. The summed E-state index contributed by atoms with van der Waals surface area (Å²) in [5, 5.41) is 26.7. The van der Waals surface area contributed by atoms with Crippen molar-refractivity contribution in [3.8, 4) is 28.7 Å². The first-order valence-corrected chi connectivity index (χ1v) is 10.8. The average molecular weight is 477 g/mol. The molecule has 5 aromatic heterocycles. The molecule has 35 heavy (non-hydrogen) atoms. The Morgan fingerprint density at radius 3 is 2.54 bits per heavy atom. The van der Waals surface area contributed by atoms with E-state index in [1.807, 2.05) is 13.0 Å². The number of ether oxygens (including phenoxy) is 1. The summed E-state index contributed by atoms with van der Waals surface area (Å²) in [6, 6.07) is 11.9. The topological polar surface area (TPSA) is 103 Å². The van der Waals surface area contributed by atoms with Gasteiger partial charge in [0.1, 0.15) is 11.4 Å². The molecule has 5 heterocycles. The second-order valence-corrected chi connectivity index (χ2v) is 8.08. The Kier molecular flexibility index (Phi) is 5.69. The van der Waals surface area contributed by atoms with Crippen molar-refractivity contribution in [3.05, 3.63) is 77.5 Å². The maximum absolute atomic E-state index is 13.2. The molecule has 0 fully saturated rings. The van der Waals surface area contributed by atoms with Crippen LogP contribution < -0.4 is 4.74 Å². The summed E-state index contributed by atoms with van der Waals surface area (Å²) < 4.78 is 35.2. The van der Waals surface area contributed by atoms with Crippen LogP contribution in [-0.4, -0.2) is 39.7 Å². The molecule has 0 amide bonds. The molecule has 11 heteroatoms. The van der Waals surface area contributed by atoms with Gasteiger partial charge in [0, 0.05) is 22.9 Å². The highest BCUT2D eigenvalue weighted by molar-refractivity contribution is 5.78. The molecule has 1 N–H and O–H groups in total. The van der Waals surface area contributed by atoms with Crippen LogP contribution in [-0.2, 0) is 0 Å². The van der Waals surface area contributed by atoms with Crippen molar-refractivity contribution in [2.75, 3.05) is 0 Å². The highest BCUT2D eigenvalue weighted by Crippen LogP contribution is 2.30. The number of aliphatic hydroxyl groups excluding tert-OH is 1. The van der Waals surface area contributed by atoms with Crippen LogP contribution in [0.1, 0.15) is 42.1 Å². The summed E-state index contributed by atoms with van der Waals surface area (Å²) in [4.78, 5) is 4.68. The first-order chi connectivity index (χ1) is 16.8. The van der Waals surface area contributed by atoms with Crippen LogP contribution in [0.15, 0.2) is 54.9 Å². The number of pyridine rings is 2. The van der Waals surface area contributed by atoms with E-state index in [0.717, 1.165) is 11.2 Å². The highest BCUT2D eigenvalue weighted by atomic mass is 19.3. The van der Waals surface area contributed by atoms with Crippen molar-refractivity contribution >= 4 is 5.52 Å². The number of aliphatic hydroxyl groups is 1. The third-order valence-corrected chi connectivity index (χ3v) is 5.45. The van der Waals surface area contributed by atoms with E-state index in [0.29, 0.717) is 34.1 Å². The third kappa shape index (κ3) is 4.33. The molecule has 0 aliphatic carbocycles. The standard InChI is InChI=1S/C24H21F2N7O2/c1-13-4-9-22(30-29-13)35-16-5-8-21-18(11-27-32(21)12-16)19-7-6-17(15(3)34)24(28-19)33-14(2)10-20(31-33)23(25)26/h4-12,15,23,34H,1-3H3. The number of hydrogen-bond acceptors (Lipinski definition) is 7. The maximum atomic E-state index is 13.2. The molecule has 1 atom stereocenters. The molecule has 5 aromatic rings. The Morgan fingerprint density at radius 2 is 1.86 bits per heavy atom. The molecule has 178 valence electrons. The fraction of sp³-hybridized carbons (Fsp3) is 0.208. The van der Waals surface area contributed by atoms with Gasteiger partial charge < -0.3 is 9.84 Å². The van der Waals surface area contributed by atoms with Crippen LogP contribution in [0.2, 0.25) is 0 Å². The molecule has 0 bridgehead atoms. The molecule has 0 spiro atoms. The van der Waals surface area contributed by atoms with Gasteiger partial charge in [0.05, 0.1) is 35.4 Å². The number of alkyl halides is 2. The lowest BCUT2D eigenvalue weighted by molar-refractivity contribution is 0.145. The molecule has 0 aliphatic rings. The minimum atomic E-state index is -2.71. The van der Waals surface area contributed by atoms with Gasteiger partial charge in [-0.15, -0.1) is 5.10 Å². The predicted octanol–water partition coefficient (Wildman–Crippen LogP) is 4.77. The van der Waals surface area contributed by atoms with Gasteiger partial charge in [-0.2, -0.15) is 15.3 Å². The van der Waals surface area contributed by atoms with Gasteiger partial charge in [-0.05, 0) is 51.1 Å². The van der Waals surface area contributed by atoms with E-state index in [1.54, 1.807) is 61.1 Å². The summed E-state index contributed by atoms with van der Waals surface area (Å²) in [5.74, 6) is 1.16. The molecule has 0 saturated carbocycles. The smallest absolute Gasteiger partial charge is 0.282 e. The Balaban J connectivity index is 1.54. The van der Waals surface area contributed by atoms with E-state index in [1.165, 1.54) is 10.7 Å². The molecule has 0 radical (unpaired) electrons. The SMILES string of the molecule is Cc1ccc(Oc2ccc3c(-c4ccc(C(C)O)c(-n5nc(C(F)F)cc5C)n4)cnn3c2)nn1. The van der Waals surface area contributed by atoms with Gasteiger partial charge in [-0.3, -0.25) is 0 Å². The van der Waals surface area contributed by atoms with Crippen molar-refractivity contribution in [2.45, 2.75) is 33.3 Å². The Labute approximate surface area is 198 Å². The summed E-state index contributed by atoms with van der Waals surface area (Å²) in [6.07, 6.45) is -0.231. The molecular formula is C24H21F2N7O2. The van der Waals surface area contributed by atoms with Crippen molar-refractivity contribution in [2.24, 2.45) is 0 Å². The van der Waals surface area contributed by atoms with Crippen molar-refractivity contribution < 1.29 is 18.6 Å². The number of fused-ring (bicyclic) bond motifs is 1. The van der Waals surface area contributed by atoms with Crippen molar-refractivity contribution in [3.63, 3.8) is 0 Å². The van der Waals surface area contributed by atoms with E-state index >= 15 is 0 Å². The lowest BCUT2D eigenvalue weighted by Crippen LogP contribution is -2.09. The Bertz CT molecular complexity index is 1510. The second kappa shape index (κ2) is 8.84. The molecule has 0 aromatic carbocycles. The summed E-state index contributed by atoms with van der Waals surface area (Å²) in [6.45, 7) is 5.09. The van der Waals surface area contributed by atoms with Gasteiger partial charge in [0.2, 0.25) is 5.88 Å². The van der Waals surface area contributed by atoms with Gasteiger partial charge in [-0.25, -0.2) is 23.0 Å². The molecule has 5 rings (SSSR count). The summed E-state index contributed by atoms with van der Waals surface area (Å²) >= 11 is 0. The highest BCUT2D eigenvalue weighted by Gasteiger charge is 2.20. The molecule has 1 unspecified atom stereocenters. The molecule has 9 nitrogen and oxygen atoms in total. The van der Waals surface area contributed by atoms with Crippen LogP contribution in [0.25, 0.3) is 22.6 Å². The normalized spacial score (nSPS) is 12.4. The van der Waals surface area contributed by atoms with Gasteiger partial charge in [0.25, 0.3) is 6.43 Å². The number of hydrogen-bond donors (Lipinski definition) is 1. The van der Waals surface area contributed by atoms with Gasteiger partial charge in [0.15, 0.2) is 5.82 Å². The second-order valence-electron chi connectivity index (χ2n) is 8.08. The largest absolute Gasteiger partial charge is 0.436 e. The van der Waals surface area contributed by atoms with Crippen molar-refractivity contribution in [1.82, 2.24) is 34.6 Å². The van der Waals surface area contributed by atoms with E-state index in [4.69, 9.17) is 4.74 Å². The zero-order chi connectivity index (χ0) is 24.7. The molecular weight excluding hydrogens is 456 g/mol. The average Bonchev–Trinajstić information content (AvgIpc) is 3.43. The predicted molar refractivity (Wildman–Crippen MR) is 123 cm³/mol. The number of rotatable bonds is 6. The van der Waals surface area contributed by atoms with Crippen LogP contribution in [0.5, 0.6) is 11.6 Å². The fourth-order valence-electron chi connectivity index (χ4n) is 3.71. The number of nitrogens with zero attached hydrogens (tertiary/aromatic N) is 7. The van der Waals surface area contributed by atoms with Gasteiger partial charge >= 0.3 is 0 Å². The van der Waals surface area contributed by atoms with E-state index < -0.39 is 12.5 Å². The monoisotopic (exact) mass is 477 g/mol. The van der Waals surface area contributed by atoms with Crippen LogP contribution >= 0.6 is 0 Å². The molecule has 0 saturated heterocycles. The number of aryl methyl sites for hydroxylation is 2. The number of aromatic nitrogens is 7.